The van der Waals surface area contributed by atoms with E-state index in [2.05, 4.69) is 15.9 Å². The third-order valence-electron chi connectivity index (χ3n) is 3.59. The summed E-state index contributed by atoms with van der Waals surface area (Å²) >= 11 is 3.51. The second kappa shape index (κ2) is 5.77. The Kier molecular flexibility index (Phi) is 4.29. The molecular formula is C13H16BrNO4. The maximum absolute atomic E-state index is 10.8. The van der Waals surface area contributed by atoms with Gasteiger partial charge in [-0.2, -0.15) is 0 Å². The Hall–Kier alpha value is -1.30. The van der Waals surface area contributed by atoms with Crippen LogP contribution in [0.25, 0.3) is 0 Å². The summed E-state index contributed by atoms with van der Waals surface area (Å²) in [5.74, 6) is 0.957. The minimum Gasteiger partial charge on any atom is -0.493 e. The summed E-state index contributed by atoms with van der Waals surface area (Å²) in [7, 11) is 1.53. The Morgan fingerprint density at radius 3 is 2.63 bits per heavy atom. The summed E-state index contributed by atoms with van der Waals surface area (Å²) in [6.45, 7) is 0.551. The largest absolute Gasteiger partial charge is 0.493 e. The highest BCUT2D eigenvalue weighted by atomic mass is 79.9. The molecule has 0 saturated heterocycles. The lowest BCUT2D eigenvalue weighted by Crippen LogP contribution is -2.37. The maximum Gasteiger partial charge on any atom is 0.273 e. The number of methoxy groups -OCH3 is 1. The van der Waals surface area contributed by atoms with Gasteiger partial charge in [-0.25, -0.2) is 0 Å². The van der Waals surface area contributed by atoms with Gasteiger partial charge in [0.1, 0.15) is 0 Å². The highest BCUT2D eigenvalue weighted by Gasteiger charge is 2.37. The molecule has 1 saturated carbocycles. The number of nitro benzene ring substituents is 1. The zero-order valence-electron chi connectivity index (χ0n) is 10.7. The van der Waals surface area contributed by atoms with Gasteiger partial charge < -0.3 is 9.47 Å². The van der Waals surface area contributed by atoms with Crippen LogP contribution in [0.4, 0.5) is 5.69 Å². The van der Waals surface area contributed by atoms with Gasteiger partial charge in [-0.3, -0.25) is 10.1 Å². The minimum atomic E-state index is -0.435. The summed E-state index contributed by atoms with van der Waals surface area (Å²) in [5.41, 5.74) is 0.174. The summed E-state index contributed by atoms with van der Waals surface area (Å²) in [5, 5.41) is 11.7. The van der Waals surface area contributed by atoms with Gasteiger partial charge in [0, 0.05) is 16.8 Å². The van der Waals surface area contributed by atoms with E-state index in [1.54, 1.807) is 6.07 Å². The van der Waals surface area contributed by atoms with E-state index in [1.165, 1.54) is 25.7 Å². The number of benzene rings is 1. The van der Waals surface area contributed by atoms with E-state index < -0.39 is 4.92 Å². The fourth-order valence-electron chi connectivity index (χ4n) is 2.12. The van der Waals surface area contributed by atoms with Gasteiger partial charge in [-0.1, -0.05) is 22.4 Å². The standard InChI is InChI=1S/C13H16BrNO4/c1-18-11-4-3-10(15(16)17)7-12(11)19-9-13(8-14)5-2-6-13/h3-4,7H,2,5-6,8-9H2,1H3. The average molecular weight is 330 g/mol. The van der Waals surface area contributed by atoms with Crippen LogP contribution in [0.1, 0.15) is 19.3 Å². The maximum atomic E-state index is 10.8. The predicted octanol–water partition coefficient (Wildman–Crippen LogP) is 3.55. The van der Waals surface area contributed by atoms with Crippen molar-refractivity contribution in [2.24, 2.45) is 5.41 Å². The molecule has 104 valence electrons. The molecule has 0 amide bonds. The fourth-order valence-corrected chi connectivity index (χ4v) is 2.84. The summed E-state index contributed by atoms with van der Waals surface area (Å²) in [6, 6.07) is 4.39. The van der Waals surface area contributed by atoms with Crippen molar-refractivity contribution >= 4 is 21.6 Å². The van der Waals surface area contributed by atoms with E-state index in [9.17, 15) is 10.1 Å². The fraction of sp³-hybridized carbons (Fsp3) is 0.538. The number of nitro groups is 1. The average Bonchev–Trinajstić information content (AvgIpc) is 2.37. The summed E-state index contributed by atoms with van der Waals surface area (Å²) < 4.78 is 10.9. The van der Waals surface area contributed by atoms with Crippen LogP contribution < -0.4 is 9.47 Å². The molecule has 0 N–H and O–H groups in total. The molecule has 0 bridgehead atoms. The Bertz CT molecular complexity index is 468. The lowest BCUT2D eigenvalue weighted by Gasteiger charge is -2.40. The Morgan fingerprint density at radius 1 is 1.42 bits per heavy atom. The highest BCUT2D eigenvalue weighted by molar-refractivity contribution is 9.09. The molecule has 1 aromatic carbocycles. The van der Waals surface area contributed by atoms with Gasteiger partial charge in [0.25, 0.3) is 5.69 Å². The van der Waals surface area contributed by atoms with Crippen LogP contribution in [0.5, 0.6) is 11.5 Å². The molecule has 2 rings (SSSR count). The van der Waals surface area contributed by atoms with E-state index >= 15 is 0 Å². The van der Waals surface area contributed by atoms with Crippen LogP contribution in [0.2, 0.25) is 0 Å². The SMILES string of the molecule is COc1ccc([N+](=O)[O-])cc1OCC1(CBr)CCC1. The quantitative estimate of drug-likeness (QED) is 0.455. The van der Waals surface area contributed by atoms with Crippen LogP contribution in [0, 0.1) is 15.5 Å². The first-order chi connectivity index (χ1) is 9.10. The molecule has 0 atom stereocenters. The topological polar surface area (TPSA) is 61.6 Å². The van der Waals surface area contributed by atoms with Gasteiger partial charge in [0.05, 0.1) is 24.7 Å². The number of halogens is 1. The molecular weight excluding hydrogens is 314 g/mol. The Labute approximate surface area is 120 Å². The summed E-state index contributed by atoms with van der Waals surface area (Å²) in [4.78, 5) is 10.3. The molecule has 1 aromatic rings. The van der Waals surface area contributed by atoms with Crippen molar-refractivity contribution in [1.82, 2.24) is 0 Å². The third-order valence-corrected chi connectivity index (χ3v) is 4.78. The van der Waals surface area contributed by atoms with E-state index in [1.807, 2.05) is 0 Å². The molecule has 1 fully saturated rings. The van der Waals surface area contributed by atoms with Gasteiger partial charge in [-0.05, 0) is 18.9 Å². The van der Waals surface area contributed by atoms with Crippen molar-refractivity contribution in [3.63, 3.8) is 0 Å². The van der Waals surface area contributed by atoms with E-state index in [-0.39, 0.29) is 11.1 Å². The molecule has 0 aromatic heterocycles. The second-order valence-electron chi connectivity index (χ2n) is 4.87. The number of ether oxygens (including phenoxy) is 2. The monoisotopic (exact) mass is 329 g/mol. The lowest BCUT2D eigenvalue weighted by atomic mass is 9.71. The van der Waals surface area contributed by atoms with Gasteiger partial charge in [0.15, 0.2) is 11.5 Å². The van der Waals surface area contributed by atoms with Gasteiger partial charge >= 0.3 is 0 Å². The van der Waals surface area contributed by atoms with Crippen LogP contribution >= 0.6 is 15.9 Å². The van der Waals surface area contributed by atoms with Crippen molar-refractivity contribution < 1.29 is 14.4 Å². The van der Waals surface area contributed by atoms with Crippen molar-refractivity contribution in [1.29, 1.82) is 0 Å². The zero-order valence-corrected chi connectivity index (χ0v) is 12.3. The Morgan fingerprint density at radius 2 is 2.16 bits per heavy atom. The smallest absolute Gasteiger partial charge is 0.273 e. The van der Waals surface area contributed by atoms with Crippen LogP contribution in [0.15, 0.2) is 18.2 Å². The first-order valence-corrected chi connectivity index (χ1v) is 7.23. The number of rotatable bonds is 6. The van der Waals surface area contributed by atoms with Crippen LogP contribution in [-0.2, 0) is 0 Å². The molecule has 0 radical (unpaired) electrons. The molecule has 5 nitrogen and oxygen atoms in total. The van der Waals surface area contributed by atoms with Crippen molar-refractivity contribution in [2.45, 2.75) is 19.3 Å². The third kappa shape index (κ3) is 3.00. The second-order valence-corrected chi connectivity index (χ2v) is 5.43. The van der Waals surface area contributed by atoms with Crippen molar-refractivity contribution in [2.75, 3.05) is 19.0 Å². The van der Waals surface area contributed by atoms with Crippen LogP contribution in [0.3, 0.4) is 0 Å². The zero-order chi connectivity index (χ0) is 13.9. The van der Waals surface area contributed by atoms with E-state index in [0.29, 0.717) is 18.1 Å². The minimum absolute atomic E-state index is 0.0114. The number of hydrogen-bond donors (Lipinski definition) is 0. The Balaban J connectivity index is 2.13. The van der Waals surface area contributed by atoms with Crippen molar-refractivity contribution in [3.8, 4) is 11.5 Å². The molecule has 19 heavy (non-hydrogen) atoms. The number of non-ortho nitro benzene ring substituents is 1. The molecule has 0 heterocycles. The highest BCUT2D eigenvalue weighted by Crippen LogP contribution is 2.43. The predicted molar refractivity (Wildman–Crippen MR) is 75.2 cm³/mol. The van der Waals surface area contributed by atoms with Crippen LogP contribution in [-0.4, -0.2) is 24.0 Å². The van der Waals surface area contributed by atoms with Crippen molar-refractivity contribution in [3.05, 3.63) is 28.3 Å². The molecule has 1 aliphatic rings. The van der Waals surface area contributed by atoms with E-state index in [0.717, 1.165) is 18.2 Å². The molecule has 1 aliphatic carbocycles. The normalized spacial score (nSPS) is 16.5. The number of alkyl halides is 1. The molecule has 6 heteroatoms. The van der Waals surface area contributed by atoms with Gasteiger partial charge in [-0.15, -0.1) is 0 Å². The number of hydrogen-bond acceptors (Lipinski definition) is 4. The lowest BCUT2D eigenvalue weighted by molar-refractivity contribution is -0.385. The molecule has 0 aliphatic heterocycles. The molecule has 0 unspecified atom stereocenters. The first kappa shape index (κ1) is 14.1. The van der Waals surface area contributed by atoms with E-state index in [4.69, 9.17) is 9.47 Å². The molecule has 0 spiro atoms. The summed E-state index contributed by atoms with van der Waals surface area (Å²) in [6.07, 6.45) is 3.45. The van der Waals surface area contributed by atoms with Gasteiger partial charge in [0.2, 0.25) is 0 Å². The number of nitrogens with zero attached hydrogens (tertiary/aromatic N) is 1. The first-order valence-electron chi connectivity index (χ1n) is 6.11.